The summed E-state index contributed by atoms with van der Waals surface area (Å²) < 4.78 is 7.15. The third-order valence-corrected chi connectivity index (χ3v) is 6.11. The van der Waals surface area contributed by atoms with Crippen molar-refractivity contribution < 1.29 is 9.53 Å². The van der Waals surface area contributed by atoms with Crippen LogP contribution >= 0.6 is 23.4 Å². The van der Waals surface area contributed by atoms with Gasteiger partial charge in [0.25, 0.3) is 0 Å². The van der Waals surface area contributed by atoms with Crippen LogP contribution in [0.15, 0.2) is 53.7 Å². The van der Waals surface area contributed by atoms with Crippen molar-refractivity contribution in [1.82, 2.24) is 14.8 Å². The molecule has 0 saturated carbocycles. The van der Waals surface area contributed by atoms with Crippen molar-refractivity contribution in [3.63, 3.8) is 0 Å². The van der Waals surface area contributed by atoms with Crippen LogP contribution in [0.3, 0.4) is 0 Å². The van der Waals surface area contributed by atoms with Crippen molar-refractivity contribution in [3.8, 4) is 17.1 Å². The number of carbonyl (C=O) groups excluding carboxylic acids is 1. The molecule has 1 aromatic heterocycles. The first-order chi connectivity index (χ1) is 13.5. The van der Waals surface area contributed by atoms with E-state index in [1.165, 1.54) is 17.3 Å². The number of benzene rings is 2. The van der Waals surface area contributed by atoms with Crippen LogP contribution in [0.2, 0.25) is 5.02 Å². The molecule has 28 heavy (non-hydrogen) atoms. The summed E-state index contributed by atoms with van der Waals surface area (Å²) >= 11 is 7.47. The Hall–Kier alpha value is -2.31. The molecule has 0 radical (unpaired) electrons. The predicted octanol–water partition coefficient (Wildman–Crippen LogP) is 5.12. The van der Waals surface area contributed by atoms with E-state index in [0.717, 1.165) is 17.1 Å². The van der Waals surface area contributed by atoms with Crippen LogP contribution in [-0.4, -0.2) is 32.6 Å². The molecule has 144 valence electrons. The lowest BCUT2D eigenvalue weighted by Gasteiger charge is -2.17. The highest BCUT2D eigenvalue weighted by Crippen LogP contribution is 2.35. The smallest absolute Gasteiger partial charge is 0.319 e. The molecular weight excluding hydrogens is 394 g/mol. The van der Waals surface area contributed by atoms with Gasteiger partial charge in [0.15, 0.2) is 11.0 Å². The Kier molecular flexibility index (Phi) is 5.42. The maximum atomic E-state index is 12.0. The monoisotopic (exact) mass is 413 g/mol. The van der Waals surface area contributed by atoms with Gasteiger partial charge in [0.1, 0.15) is 5.25 Å². The average molecular weight is 414 g/mol. The van der Waals surface area contributed by atoms with Crippen LogP contribution in [0.4, 0.5) is 0 Å². The molecule has 2 heterocycles. The fourth-order valence-corrected chi connectivity index (χ4v) is 4.38. The highest BCUT2D eigenvalue weighted by atomic mass is 35.5. The van der Waals surface area contributed by atoms with Gasteiger partial charge in [-0.15, -0.1) is 10.2 Å². The molecule has 0 aliphatic carbocycles. The molecule has 0 N–H and O–H groups in total. The summed E-state index contributed by atoms with van der Waals surface area (Å²) in [5, 5.41) is 9.97. The third-order valence-electron chi connectivity index (χ3n) is 4.67. The van der Waals surface area contributed by atoms with Gasteiger partial charge in [-0.05, 0) is 41.8 Å². The van der Waals surface area contributed by atoms with E-state index in [0.29, 0.717) is 29.1 Å². The predicted molar refractivity (Wildman–Crippen MR) is 111 cm³/mol. The minimum atomic E-state index is -0.257. The van der Waals surface area contributed by atoms with E-state index < -0.39 is 0 Å². The minimum Gasteiger partial charge on any atom is -0.465 e. The molecule has 4 rings (SSSR count). The molecule has 1 saturated heterocycles. The Balaban J connectivity index is 1.86. The Morgan fingerprint density at radius 3 is 2.57 bits per heavy atom. The summed E-state index contributed by atoms with van der Waals surface area (Å²) in [6.07, 6.45) is 0.679. The Bertz CT molecular complexity index is 1000. The number of nitrogens with zero attached hydrogens (tertiary/aromatic N) is 3. The molecule has 0 amide bonds. The number of halogens is 1. The number of carbonyl (C=O) groups is 1. The van der Waals surface area contributed by atoms with E-state index in [9.17, 15) is 4.79 Å². The molecule has 7 heteroatoms. The molecule has 1 aliphatic heterocycles. The lowest BCUT2D eigenvalue weighted by atomic mass is 10.0. The quantitative estimate of drug-likeness (QED) is 0.543. The molecule has 0 spiro atoms. The van der Waals surface area contributed by atoms with Crippen LogP contribution in [0.25, 0.3) is 17.1 Å². The zero-order chi connectivity index (χ0) is 19.7. The normalized spacial score (nSPS) is 16.6. The first-order valence-corrected chi connectivity index (χ1v) is 10.4. The molecule has 1 aliphatic rings. The summed E-state index contributed by atoms with van der Waals surface area (Å²) in [5.41, 5.74) is 3.12. The number of ether oxygens (including phenoxy) is 1. The summed E-state index contributed by atoms with van der Waals surface area (Å²) in [7, 11) is 0. The SMILES string of the molecule is CC(C)c1ccccc1-n1c(S[C@H]2CCOC2=O)nnc1-c1ccc(Cl)cc1. The number of hydrogen-bond acceptors (Lipinski definition) is 5. The highest BCUT2D eigenvalue weighted by molar-refractivity contribution is 8.00. The molecule has 5 nitrogen and oxygen atoms in total. The van der Waals surface area contributed by atoms with E-state index in [2.05, 4.69) is 36.2 Å². The molecule has 3 aromatic rings. The molecule has 1 fully saturated rings. The Morgan fingerprint density at radius 2 is 1.89 bits per heavy atom. The summed E-state index contributed by atoms with van der Waals surface area (Å²) in [4.78, 5) is 12.0. The number of para-hydroxylation sites is 1. The van der Waals surface area contributed by atoms with Gasteiger partial charge in [0, 0.05) is 17.0 Å². The largest absolute Gasteiger partial charge is 0.465 e. The zero-order valence-electron chi connectivity index (χ0n) is 15.6. The number of esters is 1. The van der Waals surface area contributed by atoms with Crippen molar-refractivity contribution in [2.45, 2.75) is 36.6 Å². The van der Waals surface area contributed by atoms with E-state index in [-0.39, 0.29) is 11.2 Å². The molecule has 0 unspecified atom stereocenters. The van der Waals surface area contributed by atoms with Gasteiger partial charge in [0.05, 0.1) is 12.3 Å². The van der Waals surface area contributed by atoms with E-state index >= 15 is 0 Å². The lowest BCUT2D eigenvalue weighted by Crippen LogP contribution is -2.12. The van der Waals surface area contributed by atoms with Crippen LogP contribution in [0.5, 0.6) is 0 Å². The van der Waals surface area contributed by atoms with Crippen molar-refractivity contribution >= 4 is 29.3 Å². The Labute approximate surface area is 173 Å². The van der Waals surface area contributed by atoms with Gasteiger partial charge in [-0.3, -0.25) is 9.36 Å². The summed E-state index contributed by atoms with van der Waals surface area (Å²) in [5.74, 6) is 0.856. The van der Waals surface area contributed by atoms with Crippen LogP contribution in [0, 0.1) is 0 Å². The van der Waals surface area contributed by atoms with Crippen LogP contribution < -0.4 is 0 Å². The van der Waals surface area contributed by atoms with Crippen molar-refractivity contribution in [3.05, 3.63) is 59.1 Å². The molecule has 1 atom stereocenters. The number of thioether (sulfide) groups is 1. The Morgan fingerprint density at radius 1 is 1.14 bits per heavy atom. The fraction of sp³-hybridized carbons (Fsp3) is 0.286. The summed E-state index contributed by atoms with van der Waals surface area (Å²) in [6.45, 7) is 4.77. The zero-order valence-corrected chi connectivity index (χ0v) is 17.2. The first-order valence-electron chi connectivity index (χ1n) is 9.18. The second-order valence-electron chi connectivity index (χ2n) is 6.92. The fourth-order valence-electron chi connectivity index (χ4n) is 3.24. The maximum Gasteiger partial charge on any atom is 0.319 e. The van der Waals surface area contributed by atoms with Gasteiger partial charge in [0.2, 0.25) is 0 Å². The molecule has 0 bridgehead atoms. The van der Waals surface area contributed by atoms with Crippen molar-refractivity contribution in [2.75, 3.05) is 6.61 Å². The van der Waals surface area contributed by atoms with Crippen molar-refractivity contribution in [2.24, 2.45) is 0 Å². The van der Waals surface area contributed by atoms with E-state index in [1.807, 2.05) is 41.0 Å². The lowest BCUT2D eigenvalue weighted by molar-refractivity contribution is -0.137. The minimum absolute atomic E-state index is 0.190. The second-order valence-corrected chi connectivity index (χ2v) is 8.53. The van der Waals surface area contributed by atoms with Gasteiger partial charge >= 0.3 is 5.97 Å². The number of hydrogen-bond donors (Lipinski definition) is 0. The number of cyclic esters (lactones) is 1. The van der Waals surface area contributed by atoms with Crippen molar-refractivity contribution in [1.29, 1.82) is 0 Å². The standard InChI is InChI=1S/C21H20ClN3O2S/c1-13(2)16-5-3-4-6-17(16)25-19(14-7-9-15(22)10-8-14)23-24-21(25)28-18-11-12-27-20(18)26/h3-10,13,18H,11-12H2,1-2H3/t18-/m0/s1. The topological polar surface area (TPSA) is 57.0 Å². The van der Waals surface area contributed by atoms with E-state index in [4.69, 9.17) is 16.3 Å². The highest BCUT2D eigenvalue weighted by Gasteiger charge is 2.31. The maximum absolute atomic E-state index is 12.0. The van der Waals surface area contributed by atoms with Gasteiger partial charge in [-0.1, -0.05) is 55.4 Å². The van der Waals surface area contributed by atoms with Gasteiger partial charge in [-0.25, -0.2) is 0 Å². The average Bonchev–Trinajstić information content (AvgIpc) is 3.29. The van der Waals surface area contributed by atoms with E-state index in [1.54, 1.807) is 0 Å². The second kappa shape index (κ2) is 7.97. The first kappa shape index (κ1) is 19.0. The number of aromatic nitrogens is 3. The third kappa shape index (κ3) is 3.66. The molecular formula is C21H20ClN3O2S. The molecule has 2 aromatic carbocycles. The van der Waals surface area contributed by atoms with Crippen LogP contribution in [-0.2, 0) is 9.53 Å². The van der Waals surface area contributed by atoms with Gasteiger partial charge < -0.3 is 4.74 Å². The van der Waals surface area contributed by atoms with Gasteiger partial charge in [-0.2, -0.15) is 0 Å². The summed E-state index contributed by atoms with van der Waals surface area (Å²) in [6, 6.07) is 15.8. The number of rotatable bonds is 5. The van der Waals surface area contributed by atoms with Crippen LogP contribution in [0.1, 0.15) is 31.7 Å².